The summed E-state index contributed by atoms with van der Waals surface area (Å²) >= 11 is 3.24. The first-order valence-corrected chi connectivity index (χ1v) is 8.52. The van der Waals surface area contributed by atoms with E-state index in [0.717, 1.165) is 0 Å². The molecule has 0 atom stereocenters. The van der Waals surface area contributed by atoms with Crippen LogP contribution in [0.3, 0.4) is 0 Å². The van der Waals surface area contributed by atoms with Gasteiger partial charge in [0.1, 0.15) is 11.6 Å². The Morgan fingerprint density at radius 1 is 1.17 bits per heavy atom. The number of aromatic nitrogens is 1. The maximum atomic E-state index is 13.8. The van der Waals surface area contributed by atoms with Gasteiger partial charge in [0, 0.05) is 22.0 Å². The molecule has 24 heavy (non-hydrogen) atoms. The van der Waals surface area contributed by atoms with E-state index in [4.69, 9.17) is 5.11 Å². The molecule has 0 spiro atoms. The summed E-state index contributed by atoms with van der Waals surface area (Å²) in [6.45, 7) is 0. The first-order valence-electron chi connectivity index (χ1n) is 7.72. The molecule has 1 heterocycles. The van der Waals surface area contributed by atoms with Gasteiger partial charge >= 0.3 is 5.97 Å². The highest BCUT2D eigenvalue weighted by Crippen LogP contribution is 2.30. The van der Waals surface area contributed by atoms with Crippen LogP contribution in [0.25, 0.3) is 10.8 Å². The topological polar surface area (TPSA) is 79.3 Å². The van der Waals surface area contributed by atoms with Crippen molar-refractivity contribution >= 4 is 44.4 Å². The number of fused-ring (bicyclic) bond motifs is 1. The summed E-state index contributed by atoms with van der Waals surface area (Å²) in [5, 5.41) is 12.8. The summed E-state index contributed by atoms with van der Waals surface area (Å²) in [4.78, 5) is 27.4. The predicted octanol–water partition coefficient (Wildman–Crippen LogP) is 3.97. The molecule has 0 unspecified atom stereocenters. The summed E-state index contributed by atoms with van der Waals surface area (Å²) in [6.07, 6.45) is 3.52. The second-order valence-corrected chi connectivity index (χ2v) is 6.97. The standard InChI is InChI=1S/C17H16BrFN2O3/c18-12-5-11-6-15(20-8-13(11)14(19)7-12)21-16(22)9-1-3-10(4-2-9)17(23)24/h5-10H,1-4H2,(H,23,24)(H,20,21,22)/t9-,10-. The smallest absolute Gasteiger partial charge is 0.306 e. The number of carbonyl (C=O) groups excluding carboxylic acids is 1. The molecule has 0 radical (unpaired) electrons. The number of carboxylic acid groups (broad SMARTS) is 1. The Bertz CT molecular complexity index is 804. The van der Waals surface area contributed by atoms with E-state index < -0.39 is 5.97 Å². The van der Waals surface area contributed by atoms with Gasteiger partial charge in [-0.15, -0.1) is 0 Å². The second kappa shape index (κ2) is 6.84. The minimum atomic E-state index is -0.794. The highest BCUT2D eigenvalue weighted by atomic mass is 79.9. The fourth-order valence-corrected chi connectivity index (χ4v) is 3.53. The summed E-state index contributed by atoms with van der Waals surface area (Å²) < 4.78 is 14.4. The van der Waals surface area contributed by atoms with Crippen LogP contribution in [0.2, 0.25) is 0 Å². The van der Waals surface area contributed by atoms with Crippen LogP contribution < -0.4 is 5.32 Å². The van der Waals surface area contributed by atoms with E-state index in [1.165, 1.54) is 12.3 Å². The Morgan fingerprint density at radius 2 is 1.83 bits per heavy atom. The van der Waals surface area contributed by atoms with Crippen molar-refractivity contribution in [2.75, 3.05) is 5.32 Å². The Balaban J connectivity index is 1.71. The zero-order valence-electron chi connectivity index (χ0n) is 12.8. The molecule has 1 saturated carbocycles. The first-order chi connectivity index (χ1) is 11.4. The number of carbonyl (C=O) groups is 2. The van der Waals surface area contributed by atoms with Gasteiger partial charge < -0.3 is 10.4 Å². The molecule has 0 aliphatic heterocycles. The lowest BCUT2D eigenvalue weighted by molar-refractivity contribution is -0.143. The lowest BCUT2D eigenvalue weighted by atomic mass is 9.81. The molecule has 126 valence electrons. The highest BCUT2D eigenvalue weighted by molar-refractivity contribution is 9.10. The molecule has 2 aromatic rings. The molecular formula is C17H16BrFN2O3. The van der Waals surface area contributed by atoms with Crippen LogP contribution in [-0.2, 0) is 9.59 Å². The average Bonchev–Trinajstić information content (AvgIpc) is 2.54. The van der Waals surface area contributed by atoms with Gasteiger partial charge in [0.05, 0.1) is 5.92 Å². The number of nitrogens with one attached hydrogen (secondary N) is 1. The number of benzene rings is 1. The Morgan fingerprint density at radius 3 is 2.50 bits per heavy atom. The number of halogens is 2. The first kappa shape index (κ1) is 16.8. The summed E-state index contributed by atoms with van der Waals surface area (Å²) in [6, 6.07) is 4.75. The third kappa shape index (κ3) is 3.56. The molecule has 3 rings (SSSR count). The number of amides is 1. The van der Waals surface area contributed by atoms with Crippen LogP contribution in [0.15, 0.2) is 28.9 Å². The SMILES string of the molecule is O=C(O)[C@H]1CC[C@H](C(=O)Nc2cc3cc(Br)cc(F)c3cn2)CC1. The molecule has 5 nitrogen and oxygen atoms in total. The molecule has 1 amide bonds. The van der Waals surface area contributed by atoms with Crippen molar-refractivity contribution in [2.24, 2.45) is 11.8 Å². The molecule has 0 bridgehead atoms. The molecule has 7 heteroatoms. The zero-order chi connectivity index (χ0) is 17.3. The molecule has 1 aliphatic rings. The Hall–Kier alpha value is -2.02. The molecule has 1 fully saturated rings. The van der Waals surface area contributed by atoms with Crippen molar-refractivity contribution in [1.82, 2.24) is 4.98 Å². The summed E-state index contributed by atoms with van der Waals surface area (Å²) in [7, 11) is 0. The predicted molar refractivity (Wildman–Crippen MR) is 91.1 cm³/mol. The molecule has 1 aliphatic carbocycles. The van der Waals surface area contributed by atoms with Crippen LogP contribution in [0.4, 0.5) is 10.2 Å². The molecule has 1 aromatic heterocycles. The van der Waals surface area contributed by atoms with Crippen LogP contribution in [-0.4, -0.2) is 22.0 Å². The normalized spacial score (nSPS) is 20.8. The molecule has 2 N–H and O–H groups in total. The monoisotopic (exact) mass is 394 g/mol. The van der Waals surface area contributed by atoms with Crippen LogP contribution in [0.5, 0.6) is 0 Å². The third-order valence-corrected chi connectivity index (χ3v) is 4.91. The van der Waals surface area contributed by atoms with E-state index in [0.29, 0.717) is 46.7 Å². The van der Waals surface area contributed by atoms with Crippen molar-refractivity contribution in [3.05, 3.63) is 34.7 Å². The molecular weight excluding hydrogens is 379 g/mol. The van der Waals surface area contributed by atoms with E-state index in [1.54, 1.807) is 12.1 Å². The minimum Gasteiger partial charge on any atom is -0.481 e. The summed E-state index contributed by atoms with van der Waals surface area (Å²) in [5.41, 5.74) is 0. The number of carboxylic acids is 1. The fraction of sp³-hybridized carbons (Fsp3) is 0.353. The lowest BCUT2D eigenvalue weighted by Gasteiger charge is -2.25. The maximum absolute atomic E-state index is 13.8. The van der Waals surface area contributed by atoms with Gasteiger partial charge in [-0.05, 0) is 49.3 Å². The molecule has 1 aromatic carbocycles. The minimum absolute atomic E-state index is 0.166. The number of hydrogen-bond acceptors (Lipinski definition) is 3. The van der Waals surface area contributed by atoms with Crippen molar-refractivity contribution in [1.29, 1.82) is 0 Å². The number of nitrogens with zero attached hydrogens (tertiary/aromatic N) is 1. The van der Waals surface area contributed by atoms with E-state index in [1.807, 2.05) is 0 Å². The highest BCUT2D eigenvalue weighted by Gasteiger charge is 2.29. The number of aliphatic carboxylic acids is 1. The number of rotatable bonds is 3. The van der Waals surface area contributed by atoms with E-state index in [-0.39, 0.29) is 23.6 Å². The van der Waals surface area contributed by atoms with Crippen LogP contribution in [0, 0.1) is 17.7 Å². The van der Waals surface area contributed by atoms with E-state index in [2.05, 4.69) is 26.2 Å². The van der Waals surface area contributed by atoms with E-state index >= 15 is 0 Å². The Kier molecular flexibility index (Phi) is 4.80. The summed E-state index contributed by atoms with van der Waals surface area (Å²) in [5.74, 6) is -1.54. The van der Waals surface area contributed by atoms with Gasteiger partial charge in [-0.2, -0.15) is 0 Å². The van der Waals surface area contributed by atoms with Crippen molar-refractivity contribution in [3.63, 3.8) is 0 Å². The number of pyridine rings is 1. The zero-order valence-corrected chi connectivity index (χ0v) is 14.3. The molecule has 0 saturated heterocycles. The fourth-order valence-electron chi connectivity index (χ4n) is 3.08. The lowest BCUT2D eigenvalue weighted by Crippen LogP contribution is -2.29. The van der Waals surface area contributed by atoms with Crippen molar-refractivity contribution < 1.29 is 19.1 Å². The van der Waals surface area contributed by atoms with Crippen molar-refractivity contribution in [2.45, 2.75) is 25.7 Å². The van der Waals surface area contributed by atoms with Crippen LogP contribution >= 0.6 is 15.9 Å². The Labute approximate surface area is 146 Å². The average molecular weight is 395 g/mol. The van der Waals surface area contributed by atoms with Gasteiger partial charge in [-0.1, -0.05) is 15.9 Å². The number of hydrogen-bond donors (Lipinski definition) is 2. The van der Waals surface area contributed by atoms with Gasteiger partial charge in [0.2, 0.25) is 5.91 Å². The maximum Gasteiger partial charge on any atom is 0.306 e. The largest absolute Gasteiger partial charge is 0.481 e. The van der Waals surface area contributed by atoms with Crippen LogP contribution in [0.1, 0.15) is 25.7 Å². The van der Waals surface area contributed by atoms with Gasteiger partial charge in [0.25, 0.3) is 0 Å². The van der Waals surface area contributed by atoms with Gasteiger partial charge in [0.15, 0.2) is 0 Å². The van der Waals surface area contributed by atoms with Gasteiger partial charge in [-0.25, -0.2) is 9.37 Å². The van der Waals surface area contributed by atoms with Gasteiger partial charge in [-0.3, -0.25) is 9.59 Å². The quantitative estimate of drug-likeness (QED) is 0.825. The van der Waals surface area contributed by atoms with Crippen molar-refractivity contribution in [3.8, 4) is 0 Å². The third-order valence-electron chi connectivity index (χ3n) is 4.45. The second-order valence-electron chi connectivity index (χ2n) is 6.05. The number of anilines is 1. The van der Waals surface area contributed by atoms with E-state index in [9.17, 15) is 14.0 Å².